The molecule has 56 valence electrons. The van der Waals surface area contributed by atoms with Gasteiger partial charge in [-0.1, -0.05) is 0 Å². The van der Waals surface area contributed by atoms with E-state index in [1.165, 1.54) is 0 Å². The Balaban J connectivity index is 2.29. The molecule has 3 atom stereocenters. The number of piperidine rings is 1. The zero-order valence-corrected chi connectivity index (χ0v) is 5.35. The zero-order valence-electron chi connectivity index (χ0n) is 10.3. The lowest BCUT2D eigenvalue weighted by atomic mass is 10.2. The van der Waals surface area contributed by atoms with Crippen LogP contribution in [0.3, 0.4) is 0 Å². The van der Waals surface area contributed by atoms with Crippen LogP contribution >= 0.6 is 0 Å². The average Bonchev–Trinajstić information content (AvgIpc) is 2.44. The summed E-state index contributed by atoms with van der Waals surface area (Å²) in [7, 11) is 0. The molecule has 2 fully saturated rings. The van der Waals surface area contributed by atoms with E-state index in [9.17, 15) is 4.79 Å². The van der Waals surface area contributed by atoms with Crippen molar-refractivity contribution in [2.45, 2.75) is 31.2 Å². The van der Waals surface area contributed by atoms with Crippen LogP contribution in [0.1, 0.15) is 26.5 Å². The second-order valence-corrected chi connectivity index (χ2v) is 2.84. The highest BCUT2D eigenvalue weighted by Gasteiger charge is 2.57. The van der Waals surface area contributed by atoms with Crippen LogP contribution in [0.2, 0.25) is 0 Å². The summed E-state index contributed by atoms with van der Waals surface area (Å²) < 4.78 is 37.2. The van der Waals surface area contributed by atoms with E-state index in [0.717, 1.165) is 0 Å². The predicted molar refractivity (Wildman–Crippen MR) is 37.2 cm³/mol. The Morgan fingerprint density at radius 2 is 2.90 bits per heavy atom. The topological polar surface area (TPSA) is 55.1 Å². The van der Waals surface area contributed by atoms with Crippen molar-refractivity contribution in [3.8, 4) is 0 Å². The first-order chi connectivity index (χ1) is 6.64. The zero-order chi connectivity index (χ0) is 11.6. The lowest BCUT2D eigenvalue weighted by Gasteiger charge is -2.11. The van der Waals surface area contributed by atoms with Crippen molar-refractivity contribution in [3.63, 3.8) is 0 Å². The lowest BCUT2D eigenvalue weighted by Crippen LogP contribution is -2.42. The summed E-state index contributed by atoms with van der Waals surface area (Å²) in [6, 6.07) is -0.723. The van der Waals surface area contributed by atoms with E-state index >= 15 is 0 Å². The van der Waals surface area contributed by atoms with Crippen molar-refractivity contribution >= 4 is 5.91 Å². The van der Waals surface area contributed by atoms with Crippen molar-refractivity contribution in [2.24, 2.45) is 11.7 Å². The summed E-state index contributed by atoms with van der Waals surface area (Å²) in [5.41, 5.74) is 3.49. The smallest absolute Gasteiger partial charge is 0.234 e. The van der Waals surface area contributed by atoms with Gasteiger partial charge in [0.05, 0.1) is 6.04 Å². The largest absolute Gasteiger partial charge is 0.368 e. The van der Waals surface area contributed by atoms with Gasteiger partial charge in [0.2, 0.25) is 5.91 Å². The van der Waals surface area contributed by atoms with Gasteiger partial charge in [0, 0.05) is 12.4 Å². The third kappa shape index (κ3) is 0.669. The van der Waals surface area contributed by atoms with E-state index in [1.807, 2.05) is 0 Å². The van der Waals surface area contributed by atoms with Gasteiger partial charge < -0.3 is 11.1 Å². The number of primary amides is 1. The number of rotatable bonds is 1. The third-order valence-electron chi connectivity index (χ3n) is 2.06. The van der Waals surface area contributed by atoms with Crippen LogP contribution < -0.4 is 11.1 Å². The van der Waals surface area contributed by atoms with E-state index < -0.39 is 36.6 Å². The number of nitrogens with one attached hydrogen (secondary N) is 1. The number of nitrogens with two attached hydrogens (primary N) is 1. The van der Waals surface area contributed by atoms with Gasteiger partial charge in [-0.05, 0) is 25.6 Å². The molecule has 10 heavy (non-hydrogen) atoms. The molecule has 3 nitrogen and oxygen atoms in total. The standard InChI is InChI=1S/C7H12N2O/c1-7-3-4(7)2-5(9-7)6(8)10/h4-5,9H,2-3H2,1H3,(H2,8,10)/i1D3,3D2. The van der Waals surface area contributed by atoms with Crippen molar-refractivity contribution < 1.29 is 11.6 Å². The van der Waals surface area contributed by atoms with Gasteiger partial charge >= 0.3 is 0 Å². The summed E-state index contributed by atoms with van der Waals surface area (Å²) in [5, 5.41) is 2.56. The maximum atomic E-state index is 10.9. The van der Waals surface area contributed by atoms with Crippen molar-refractivity contribution in [1.29, 1.82) is 0 Å². The van der Waals surface area contributed by atoms with Gasteiger partial charge in [-0.3, -0.25) is 4.79 Å². The highest BCUT2D eigenvalue weighted by molar-refractivity contribution is 5.80. The number of hydrogen-bond acceptors (Lipinski definition) is 2. The molecule has 3 N–H and O–H groups in total. The highest BCUT2D eigenvalue weighted by Crippen LogP contribution is 2.51. The summed E-state index contributed by atoms with van der Waals surface area (Å²) >= 11 is 0. The molecule has 0 aromatic rings. The first-order valence-corrected chi connectivity index (χ1v) is 3.21. The average molecular weight is 145 g/mol. The second-order valence-electron chi connectivity index (χ2n) is 2.84. The van der Waals surface area contributed by atoms with Crippen LogP contribution in [0.5, 0.6) is 0 Å². The minimum Gasteiger partial charge on any atom is -0.368 e. The van der Waals surface area contributed by atoms with E-state index in [1.54, 1.807) is 0 Å². The van der Waals surface area contributed by atoms with Crippen molar-refractivity contribution in [1.82, 2.24) is 5.32 Å². The number of amides is 1. The van der Waals surface area contributed by atoms with Crippen LogP contribution in [0, 0.1) is 5.92 Å². The fraction of sp³-hybridized carbons (Fsp3) is 0.857. The van der Waals surface area contributed by atoms with Gasteiger partial charge in [0.1, 0.15) is 0 Å². The number of hydrogen-bond donors (Lipinski definition) is 2. The summed E-state index contributed by atoms with van der Waals surface area (Å²) in [5.74, 6) is -1.27. The van der Waals surface area contributed by atoms with E-state index in [4.69, 9.17) is 12.6 Å². The van der Waals surface area contributed by atoms with Crippen molar-refractivity contribution in [2.75, 3.05) is 0 Å². The maximum absolute atomic E-state index is 10.9. The van der Waals surface area contributed by atoms with Crippen LogP contribution in [0.4, 0.5) is 0 Å². The Labute approximate surface area is 67.0 Å². The molecule has 0 spiro atoms. The quantitative estimate of drug-likeness (QED) is 0.528. The summed E-state index contributed by atoms with van der Waals surface area (Å²) in [6.45, 7) is -2.45. The van der Waals surface area contributed by atoms with Crippen molar-refractivity contribution in [3.05, 3.63) is 0 Å². The van der Waals surface area contributed by atoms with Gasteiger partial charge in [0.25, 0.3) is 0 Å². The molecule has 1 saturated carbocycles. The SMILES string of the molecule is [2H]C([2H])([2H])C12NC(C(N)=O)CC1C2([2H])[2H]. The maximum Gasteiger partial charge on any atom is 0.234 e. The minimum absolute atomic E-state index is 0.167. The monoisotopic (exact) mass is 145 g/mol. The molecule has 0 aromatic heterocycles. The number of carbonyl (C=O) groups is 1. The van der Waals surface area contributed by atoms with Gasteiger partial charge in [0.15, 0.2) is 0 Å². The normalized spacial score (nSPS) is 64.2. The predicted octanol–water partition coefficient (Wildman–Crippen LogP) is -0.388. The second kappa shape index (κ2) is 1.53. The molecule has 1 amide bonds. The van der Waals surface area contributed by atoms with Gasteiger partial charge in [-0.15, -0.1) is 0 Å². The fourth-order valence-electron chi connectivity index (χ4n) is 1.37. The first kappa shape index (κ1) is 2.81. The molecule has 2 aliphatic rings. The van der Waals surface area contributed by atoms with Crippen LogP contribution in [0.25, 0.3) is 0 Å². The number of fused-ring (bicyclic) bond motifs is 1. The molecule has 2 rings (SSSR count). The summed E-state index contributed by atoms with van der Waals surface area (Å²) in [6.07, 6.45) is -1.61. The Bertz CT molecular complexity index is 316. The van der Waals surface area contributed by atoms with E-state index in [2.05, 4.69) is 5.32 Å². The Morgan fingerprint density at radius 1 is 2.10 bits per heavy atom. The molecule has 3 heteroatoms. The molecule has 1 aliphatic heterocycles. The molecular weight excluding hydrogens is 128 g/mol. The third-order valence-corrected chi connectivity index (χ3v) is 2.06. The molecule has 0 bridgehead atoms. The molecule has 1 heterocycles. The number of carbonyl (C=O) groups excluding carboxylic acids is 1. The van der Waals surface area contributed by atoms with Crippen LogP contribution in [0.15, 0.2) is 0 Å². The van der Waals surface area contributed by atoms with E-state index in [-0.39, 0.29) is 6.42 Å². The molecular formula is C7H12N2O. The van der Waals surface area contributed by atoms with Gasteiger partial charge in [-0.2, -0.15) is 0 Å². The van der Waals surface area contributed by atoms with E-state index in [0.29, 0.717) is 0 Å². The highest BCUT2D eigenvalue weighted by atomic mass is 16.1. The summed E-state index contributed by atoms with van der Waals surface area (Å²) in [4.78, 5) is 10.9. The Morgan fingerprint density at radius 3 is 3.40 bits per heavy atom. The van der Waals surface area contributed by atoms with Crippen LogP contribution in [-0.4, -0.2) is 17.5 Å². The fourth-order valence-corrected chi connectivity index (χ4v) is 1.37. The first-order valence-electron chi connectivity index (χ1n) is 5.71. The minimum atomic E-state index is -2.45. The molecule has 3 unspecified atom stereocenters. The van der Waals surface area contributed by atoms with Crippen LogP contribution in [-0.2, 0) is 4.79 Å². The Kier molecular flexibility index (Phi) is 0.431. The molecule has 0 aromatic carbocycles. The Hall–Kier alpha value is -0.570. The lowest BCUT2D eigenvalue weighted by molar-refractivity contribution is -0.120. The van der Waals surface area contributed by atoms with Gasteiger partial charge in [-0.25, -0.2) is 0 Å². The molecule has 0 radical (unpaired) electrons. The molecule has 1 saturated heterocycles. The molecule has 1 aliphatic carbocycles.